The average molecular weight is 297 g/mol. The number of aliphatic carboxylic acids is 1. The fourth-order valence-corrected chi connectivity index (χ4v) is 2.54. The van der Waals surface area contributed by atoms with Gasteiger partial charge in [0.05, 0.1) is 5.92 Å². The number of likely N-dealkylation sites (tertiary alicyclic amines) is 1. The summed E-state index contributed by atoms with van der Waals surface area (Å²) < 4.78 is 0. The summed E-state index contributed by atoms with van der Waals surface area (Å²) in [6.45, 7) is -0.00361. The summed E-state index contributed by atoms with van der Waals surface area (Å²) in [6, 6.07) is 5.21. The number of benzene rings is 1. The Morgan fingerprint density at radius 3 is 2.55 bits per heavy atom. The molecule has 0 bridgehead atoms. The largest absolute Gasteiger partial charge is 0.479 e. The molecule has 1 fully saturated rings. The van der Waals surface area contributed by atoms with Crippen molar-refractivity contribution in [2.45, 2.75) is 12.5 Å². The van der Waals surface area contributed by atoms with Crippen molar-refractivity contribution in [1.29, 1.82) is 0 Å². The molecule has 2 rings (SSSR count). The highest BCUT2D eigenvalue weighted by molar-refractivity contribution is 6.31. The predicted molar refractivity (Wildman–Crippen MR) is 70.8 cm³/mol. The van der Waals surface area contributed by atoms with Gasteiger partial charge in [0.15, 0.2) is 6.04 Å². The first-order valence-electron chi connectivity index (χ1n) is 5.98. The van der Waals surface area contributed by atoms with Gasteiger partial charge >= 0.3 is 5.97 Å². The standard InChI is InChI=1S/C13H13ClN2O4/c14-9-4-2-1-3-8(9)11(13(19)20)16-6-7(12(15)18)5-10(16)17/h1-4,7,11H,5-6H2,(H2,15,18)(H,19,20)/t7?,11-/m1/s1. The van der Waals surface area contributed by atoms with Crippen molar-refractivity contribution in [3.05, 3.63) is 34.9 Å². The number of primary amides is 1. The minimum absolute atomic E-state index is 0.00361. The molecule has 20 heavy (non-hydrogen) atoms. The van der Waals surface area contributed by atoms with E-state index in [1.54, 1.807) is 24.3 Å². The molecule has 0 aliphatic carbocycles. The van der Waals surface area contributed by atoms with Gasteiger partial charge in [-0.25, -0.2) is 4.79 Å². The number of carboxylic acid groups (broad SMARTS) is 1. The average Bonchev–Trinajstić information content (AvgIpc) is 2.74. The molecule has 1 unspecified atom stereocenters. The number of carbonyl (C=O) groups is 3. The molecule has 6 nitrogen and oxygen atoms in total. The molecule has 1 aliphatic heterocycles. The minimum atomic E-state index is -1.21. The van der Waals surface area contributed by atoms with Gasteiger partial charge in [0.2, 0.25) is 11.8 Å². The van der Waals surface area contributed by atoms with Crippen LogP contribution in [0.4, 0.5) is 0 Å². The van der Waals surface area contributed by atoms with E-state index in [-0.39, 0.29) is 18.0 Å². The fraction of sp³-hybridized carbons (Fsp3) is 0.308. The molecule has 7 heteroatoms. The molecule has 2 amide bonds. The molecular formula is C13H13ClN2O4. The molecule has 1 aliphatic rings. The number of hydrogen-bond acceptors (Lipinski definition) is 3. The lowest BCUT2D eigenvalue weighted by atomic mass is 10.1. The molecule has 0 aromatic heterocycles. The molecule has 106 valence electrons. The normalized spacial score (nSPS) is 19.9. The fourth-order valence-electron chi connectivity index (χ4n) is 2.30. The highest BCUT2D eigenvalue weighted by atomic mass is 35.5. The summed E-state index contributed by atoms with van der Waals surface area (Å²) in [4.78, 5) is 35.7. The summed E-state index contributed by atoms with van der Waals surface area (Å²) in [6.07, 6.45) is -0.0659. The lowest BCUT2D eigenvalue weighted by Crippen LogP contribution is -2.36. The van der Waals surface area contributed by atoms with Gasteiger partial charge in [-0.05, 0) is 6.07 Å². The van der Waals surface area contributed by atoms with E-state index in [1.165, 1.54) is 0 Å². The van der Waals surface area contributed by atoms with Crippen LogP contribution < -0.4 is 5.73 Å². The van der Waals surface area contributed by atoms with E-state index in [0.717, 1.165) is 4.90 Å². The van der Waals surface area contributed by atoms with Crippen LogP contribution in [0.1, 0.15) is 18.0 Å². The maximum absolute atomic E-state index is 11.9. The number of nitrogens with two attached hydrogens (primary N) is 1. The van der Waals surface area contributed by atoms with E-state index in [0.29, 0.717) is 5.56 Å². The first-order valence-corrected chi connectivity index (χ1v) is 6.35. The number of hydrogen-bond donors (Lipinski definition) is 2. The van der Waals surface area contributed by atoms with Crippen LogP contribution in [-0.4, -0.2) is 34.3 Å². The maximum Gasteiger partial charge on any atom is 0.331 e. The van der Waals surface area contributed by atoms with E-state index < -0.39 is 29.7 Å². The van der Waals surface area contributed by atoms with Crippen molar-refractivity contribution < 1.29 is 19.5 Å². The second kappa shape index (κ2) is 5.50. The first-order chi connectivity index (χ1) is 9.41. The molecule has 0 saturated carbocycles. The third-order valence-corrected chi connectivity index (χ3v) is 3.65. The topological polar surface area (TPSA) is 101 Å². The number of nitrogens with zero attached hydrogens (tertiary/aromatic N) is 1. The third-order valence-electron chi connectivity index (χ3n) is 3.31. The first kappa shape index (κ1) is 14.3. The summed E-state index contributed by atoms with van der Waals surface area (Å²) >= 11 is 6.00. The molecule has 1 heterocycles. The van der Waals surface area contributed by atoms with E-state index in [4.69, 9.17) is 17.3 Å². The number of halogens is 1. The van der Waals surface area contributed by atoms with E-state index in [9.17, 15) is 19.5 Å². The summed E-state index contributed by atoms with van der Waals surface area (Å²) in [5, 5.41) is 9.64. The minimum Gasteiger partial charge on any atom is -0.479 e. The molecular weight excluding hydrogens is 284 g/mol. The van der Waals surface area contributed by atoms with Gasteiger partial charge in [0.1, 0.15) is 0 Å². The Morgan fingerprint density at radius 1 is 1.40 bits per heavy atom. The molecule has 0 spiro atoms. The van der Waals surface area contributed by atoms with Crippen LogP contribution in [0, 0.1) is 5.92 Å². The van der Waals surface area contributed by atoms with E-state index >= 15 is 0 Å². The van der Waals surface area contributed by atoms with Gasteiger partial charge in [-0.1, -0.05) is 29.8 Å². The van der Waals surface area contributed by atoms with Gasteiger partial charge in [0, 0.05) is 23.6 Å². The van der Waals surface area contributed by atoms with Crippen LogP contribution in [0.15, 0.2) is 24.3 Å². The van der Waals surface area contributed by atoms with Crippen molar-refractivity contribution >= 4 is 29.4 Å². The zero-order chi connectivity index (χ0) is 14.9. The quantitative estimate of drug-likeness (QED) is 0.858. The second-order valence-corrected chi connectivity index (χ2v) is 5.02. The molecule has 1 aromatic carbocycles. The molecule has 3 N–H and O–H groups in total. The summed E-state index contributed by atoms with van der Waals surface area (Å²) in [5.41, 5.74) is 5.50. The van der Waals surface area contributed by atoms with E-state index in [2.05, 4.69) is 0 Å². The Labute approximate surface area is 120 Å². The second-order valence-electron chi connectivity index (χ2n) is 4.61. The maximum atomic E-state index is 11.9. The predicted octanol–water partition coefficient (Wildman–Crippen LogP) is 0.799. The Kier molecular flexibility index (Phi) is 3.94. The Hall–Kier alpha value is -2.08. The SMILES string of the molecule is NC(=O)C1CC(=O)N([C@@H](C(=O)O)c2ccccc2Cl)C1. The number of carboxylic acids is 1. The van der Waals surface area contributed by atoms with Gasteiger partial charge in [0.25, 0.3) is 0 Å². The van der Waals surface area contributed by atoms with Crippen LogP contribution in [0.2, 0.25) is 5.02 Å². The monoisotopic (exact) mass is 296 g/mol. The number of amides is 2. The third kappa shape index (κ3) is 2.60. The van der Waals surface area contributed by atoms with Crippen molar-refractivity contribution in [3.63, 3.8) is 0 Å². The van der Waals surface area contributed by atoms with Crippen LogP contribution in [0.25, 0.3) is 0 Å². The Bertz CT molecular complexity index is 575. The highest BCUT2D eigenvalue weighted by Crippen LogP contribution is 2.32. The molecule has 1 aromatic rings. The Balaban J connectivity index is 2.36. The summed E-state index contributed by atoms with van der Waals surface area (Å²) in [7, 11) is 0. The number of carbonyl (C=O) groups excluding carboxylic acids is 2. The summed E-state index contributed by atoms with van der Waals surface area (Å²) in [5.74, 6) is -2.88. The lowest BCUT2D eigenvalue weighted by Gasteiger charge is -2.25. The van der Waals surface area contributed by atoms with Crippen LogP contribution in [0.3, 0.4) is 0 Å². The van der Waals surface area contributed by atoms with Crippen LogP contribution in [-0.2, 0) is 14.4 Å². The number of rotatable bonds is 4. The lowest BCUT2D eigenvalue weighted by molar-refractivity contribution is -0.148. The Morgan fingerprint density at radius 2 is 2.05 bits per heavy atom. The van der Waals surface area contributed by atoms with Gasteiger partial charge in [-0.3, -0.25) is 9.59 Å². The molecule has 0 radical (unpaired) electrons. The van der Waals surface area contributed by atoms with Crippen LogP contribution in [0.5, 0.6) is 0 Å². The molecule has 1 saturated heterocycles. The van der Waals surface area contributed by atoms with Gasteiger partial charge < -0.3 is 15.7 Å². The van der Waals surface area contributed by atoms with Gasteiger partial charge in [-0.15, -0.1) is 0 Å². The van der Waals surface area contributed by atoms with Crippen LogP contribution >= 0.6 is 11.6 Å². The zero-order valence-electron chi connectivity index (χ0n) is 10.5. The van der Waals surface area contributed by atoms with Crippen molar-refractivity contribution in [3.8, 4) is 0 Å². The smallest absolute Gasteiger partial charge is 0.331 e. The zero-order valence-corrected chi connectivity index (χ0v) is 11.2. The van der Waals surface area contributed by atoms with Gasteiger partial charge in [-0.2, -0.15) is 0 Å². The van der Waals surface area contributed by atoms with E-state index in [1.807, 2.05) is 0 Å². The van der Waals surface area contributed by atoms with Crippen molar-refractivity contribution in [1.82, 2.24) is 4.90 Å². The van der Waals surface area contributed by atoms with Crippen molar-refractivity contribution in [2.75, 3.05) is 6.54 Å². The highest BCUT2D eigenvalue weighted by Gasteiger charge is 2.41. The van der Waals surface area contributed by atoms with Crippen molar-refractivity contribution in [2.24, 2.45) is 11.7 Å². The molecule has 2 atom stereocenters.